The maximum Gasteiger partial charge on any atom is 0.253 e. The van der Waals surface area contributed by atoms with Gasteiger partial charge in [0.2, 0.25) is 0 Å². The van der Waals surface area contributed by atoms with E-state index in [4.69, 9.17) is 26.5 Å². The molecule has 2 aliphatic rings. The Kier molecular flexibility index (Phi) is 10.9. The molecule has 0 saturated carbocycles. The number of amides is 2. The topological polar surface area (TPSA) is 164 Å². The standard InChI is InChI=1S/C25H28N6O.C19H24N6O/c1-3-31-23(15-20(28-31)17-8-5-4-6-9-17)24-27-21-14-18(11-12-22(21)29(24)2)25(32)30-13-7-10-19(26)16-30;1-3-25-17(8-9-21-25)18-22-15-11-13(6-7-16(15)23(18)2)19(26)24-10-4-5-14(20)12-24/h4-6,8-9,11-12,14-15,19H,3,7,10,13,16,26H2,1-2H3;6-9,11,14H,3-5,10,12,20H2,1-2H3/t19-;14-/m11/s1. The summed E-state index contributed by atoms with van der Waals surface area (Å²) in [5.41, 5.74) is 20.9. The summed E-state index contributed by atoms with van der Waals surface area (Å²) in [5, 5.41) is 9.12. The van der Waals surface area contributed by atoms with E-state index in [1.54, 1.807) is 6.20 Å². The van der Waals surface area contributed by atoms with E-state index in [2.05, 4.69) is 41.7 Å². The lowest BCUT2D eigenvalue weighted by molar-refractivity contribution is 0.0702. The minimum Gasteiger partial charge on any atom is -0.337 e. The van der Waals surface area contributed by atoms with Gasteiger partial charge in [0.15, 0.2) is 11.6 Å². The average molecular weight is 781 g/mol. The quantitative estimate of drug-likeness (QED) is 0.208. The van der Waals surface area contributed by atoms with E-state index in [-0.39, 0.29) is 23.9 Å². The van der Waals surface area contributed by atoms with Crippen LogP contribution in [0.3, 0.4) is 0 Å². The molecule has 2 atom stereocenters. The Balaban J connectivity index is 0.000000165. The Hall–Kier alpha value is -6.12. The number of nitrogens with two attached hydrogens (primary N) is 2. The Morgan fingerprint density at radius 1 is 0.672 bits per heavy atom. The summed E-state index contributed by atoms with van der Waals surface area (Å²) >= 11 is 0. The van der Waals surface area contributed by atoms with Crippen molar-refractivity contribution >= 4 is 33.9 Å². The number of hydrogen-bond donors (Lipinski definition) is 2. The lowest BCUT2D eigenvalue weighted by Gasteiger charge is -2.30. The molecule has 14 nitrogen and oxygen atoms in total. The highest BCUT2D eigenvalue weighted by Crippen LogP contribution is 2.30. The fraction of sp³-hybridized carbons (Fsp3) is 0.364. The number of fused-ring (bicyclic) bond motifs is 2. The predicted octanol–water partition coefficient (Wildman–Crippen LogP) is 5.71. The Morgan fingerprint density at radius 2 is 1.21 bits per heavy atom. The van der Waals surface area contributed by atoms with Gasteiger partial charge in [-0.25, -0.2) is 9.97 Å². The van der Waals surface area contributed by atoms with Gasteiger partial charge < -0.3 is 30.4 Å². The summed E-state index contributed by atoms with van der Waals surface area (Å²) in [7, 11) is 3.99. The highest BCUT2D eigenvalue weighted by Gasteiger charge is 2.25. The van der Waals surface area contributed by atoms with Crippen LogP contribution in [0, 0.1) is 0 Å². The van der Waals surface area contributed by atoms with Crippen LogP contribution in [-0.4, -0.2) is 98.5 Å². The van der Waals surface area contributed by atoms with Crippen molar-refractivity contribution in [2.75, 3.05) is 26.2 Å². The first-order valence-electron chi connectivity index (χ1n) is 20.3. The molecule has 2 fully saturated rings. The normalized spacial score (nSPS) is 17.1. The van der Waals surface area contributed by atoms with Crippen LogP contribution < -0.4 is 11.5 Å². The van der Waals surface area contributed by atoms with Crippen molar-refractivity contribution in [1.29, 1.82) is 0 Å². The number of piperidine rings is 2. The third-order valence-electron chi connectivity index (χ3n) is 11.4. The van der Waals surface area contributed by atoms with E-state index in [1.807, 2.05) is 98.5 Å². The molecule has 0 aliphatic carbocycles. The van der Waals surface area contributed by atoms with Gasteiger partial charge in [-0.3, -0.25) is 19.0 Å². The highest BCUT2D eigenvalue weighted by molar-refractivity contribution is 5.99. The maximum absolute atomic E-state index is 13.0. The molecule has 3 aromatic carbocycles. The van der Waals surface area contributed by atoms with Crippen LogP contribution in [0.1, 0.15) is 60.2 Å². The third kappa shape index (κ3) is 7.52. The maximum atomic E-state index is 13.0. The molecule has 300 valence electrons. The molecule has 14 heteroatoms. The SMILES string of the molecule is CCn1nc(-c2ccccc2)cc1-c1nc2cc(C(=O)N3CCC[C@@H](N)C3)ccc2n1C.CCn1nccc1-c1nc2cc(C(=O)N3CCC[C@@H](N)C3)ccc2n1C. The predicted molar refractivity (Wildman–Crippen MR) is 227 cm³/mol. The molecule has 0 unspecified atom stereocenters. The molecule has 4 aromatic heterocycles. The number of carbonyl (C=O) groups excluding carboxylic acids is 2. The van der Waals surface area contributed by atoms with Gasteiger partial charge in [0, 0.05) is 88.3 Å². The van der Waals surface area contributed by atoms with Crippen molar-refractivity contribution in [3.8, 4) is 34.3 Å². The lowest BCUT2D eigenvalue weighted by Crippen LogP contribution is -2.45. The third-order valence-corrected chi connectivity index (χ3v) is 11.4. The monoisotopic (exact) mass is 780 g/mol. The van der Waals surface area contributed by atoms with Crippen LogP contribution in [-0.2, 0) is 27.2 Å². The molecule has 7 aromatic rings. The number of aryl methyl sites for hydroxylation is 4. The summed E-state index contributed by atoms with van der Waals surface area (Å²) in [5.74, 6) is 1.75. The molecule has 4 N–H and O–H groups in total. The Morgan fingerprint density at radius 3 is 1.72 bits per heavy atom. The summed E-state index contributed by atoms with van der Waals surface area (Å²) in [6.45, 7) is 8.42. The molecule has 58 heavy (non-hydrogen) atoms. The second kappa shape index (κ2) is 16.4. The highest BCUT2D eigenvalue weighted by atomic mass is 16.2. The molecule has 2 aliphatic heterocycles. The van der Waals surface area contributed by atoms with Crippen molar-refractivity contribution in [2.45, 2.75) is 64.7 Å². The van der Waals surface area contributed by atoms with Gasteiger partial charge >= 0.3 is 0 Å². The number of aromatic nitrogens is 8. The van der Waals surface area contributed by atoms with E-state index in [0.29, 0.717) is 24.2 Å². The van der Waals surface area contributed by atoms with Gasteiger partial charge in [-0.15, -0.1) is 0 Å². The summed E-state index contributed by atoms with van der Waals surface area (Å²) < 4.78 is 8.01. The molecule has 9 rings (SSSR count). The van der Waals surface area contributed by atoms with Crippen LogP contribution in [0.2, 0.25) is 0 Å². The average Bonchev–Trinajstić information content (AvgIpc) is 4.05. The van der Waals surface area contributed by atoms with Gasteiger partial charge in [-0.1, -0.05) is 30.3 Å². The first-order chi connectivity index (χ1) is 28.1. The zero-order chi connectivity index (χ0) is 40.5. The van der Waals surface area contributed by atoms with Crippen LogP contribution in [0.5, 0.6) is 0 Å². The smallest absolute Gasteiger partial charge is 0.253 e. The van der Waals surface area contributed by atoms with Crippen molar-refractivity contribution < 1.29 is 9.59 Å². The molecular weight excluding hydrogens is 729 g/mol. The van der Waals surface area contributed by atoms with E-state index in [0.717, 1.165) is 108 Å². The first kappa shape index (κ1) is 38.7. The molecule has 6 heterocycles. The summed E-state index contributed by atoms with van der Waals surface area (Å²) in [4.78, 5) is 39.3. The number of rotatable bonds is 7. The van der Waals surface area contributed by atoms with Gasteiger partial charge in [0.05, 0.1) is 27.8 Å². The zero-order valence-corrected chi connectivity index (χ0v) is 33.8. The van der Waals surface area contributed by atoms with Gasteiger partial charge in [-0.2, -0.15) is 10.2 Å². The fourth-order valence-corrected chi connectivity index (χ4v) is 8.24. The molecular formula is C44H52N12O2. The molecule has 0 spiro atoms. The largest absolute Gasteiger partial charge is 0.337 e. The van der Waals surface area contributed by atoms with Crippen molar-refractivity contribution in [1.82, 2.24) is 48.5 Å². The molecule has 0 bridgehead atoms. The van der Waals surface area contributed by atoms with Crippen molar-refractivity contribution in [2.24, 2.45) is 25.6 Å². The number of nitrogens with zero attached hydrogens (tertiary/aromatic N) is 10. The Labute approximate surface area is 338 Å². The van der Waals surface area contributed by atoms with E-state index in [9.17, 15) is 9.59 Å². The number of imidazole rings is 2. The van der Waals surface area contributed by atoms with Crippen LogP contribution in [0.4, 0.5) is 0 Å². The van der Waals surface area contributed by atoms with Crippen LogP contribution in [0.15, 0.2) is 85.1 Å². The van der Waals surface area contributed by atoms with Crippen molar-refractivity contribution in [3.63, 3.8) is 0 Å². The first-order valence-corrected chi connectivity index (χ1v) is 20.3. The lowest BCUT2D eigenvalue weighted by atomic mass is 10.1. The minimum atomic E-state index is 0.0271. The zero-order valence-electron chi connectivity index (χ0n) is 33.8. The summed E-state index contributed by atoms with van der Waals surface area (Å²) in [6.07, 6.45) is 5.66. The van der Waals surface area contributed by atoms with Gasteiger partial charge in [-0.05, 0) is 88.1 Å². The van der Waals surface area contributed by atoms with Gasteiger partial charge in [0.1, 0.15) is 11.4 Å². The number of benzene rings is 3. The minimum absolute atomic E-state index is 0.0271. The van der Waals surface area contributed by atoms with E-state index in [1.165, 1.54) is 0 Å². The van der Waals surface area contributed by atoms with Gasteiger partial charge in [0.25, 0.3) is 11.8 Å². The Bertz CT molecular complexity index is 2580. The number of likely N-dealkylation sites (tertiary alicyclic amines) is 2. The fourth-order valence-electron chi connectivity index (χ4n) is 8.24. The van der Waals surface area contributed by atoms with Crippen LogP contribution >= 0.6 is 0 Å². The number of carbonyl (C=O) groups is 2. The second-order valence-corrected chi connectivity index (χ2v) is 15.3. The molecule has 2 saturated heterocycles. The molecule has 2 amide bonds. The molecule has 0 radical (unpaired) electrons. The number of hydrogen-bond acceptors (Lipinski definition) is 8. The van der Waals surface area contributed by atoms with E-state index < -0.39 is 0 Å². The second-order valence-electron chi connectivity index (χ2n) is 15.3. The van der Waals surface area contributed by atoms with E-state index >= 15 is 0 Å². The van der Waals surface area contributed by atoms with Crippen molar-refractivity contribution in [3.05, 3.63) is 96.2 Å². The van der Waals surface area contributed by atoms with Crippen LogP contribution in [0.25, 0.3) is 56.4 Å². The summed E-state index contributed by atoms with van der Waals surface area (Å²) in [6, 6.07) is 25.8.